The van der Waals surface area contributed by atoms with Gasteiger partial charge in [-0.25, -0.2) is 0 Å². The van der Waals surface area contributed by atoms with E-state index in [9.17, 15) is 9.59 Å². The summed E-state index contributed by atoms with van der Waals surface area (Å²) in [6.45, 7) is 0.640. The Kier molecular flexibility index (Phi) is 0.700. The Balaban J connectivity index is 2.15. The molecule has 0 radical (unpaired) electrons. The van der Waals surface area contributed by atoms with Crippen LogP contribution < -0.4 is 0 Å². The van der Waals surface area contributed by atoms with Crippen molar-refractivity contribution in [1.82, 2.24) is 4.90 Å². The highest BCUT2D eigenvalue weighted by molar-refractivity contribution is 6.26. The first-order valence-corrected chi connectivity index (χ1v) is 3.91. The molecule has 11 heavy (non-hydrogen) atoms. The van der Waals surface area contributed by atoms with Crippen LogP contribution in [0.2, 0.25) is 0 Å². The molecule has 0 aromatic rings. The zero-order valence-corrected chi connectivity index (χ0v) is 5.96. The number of piperidine rings is 1. The van der Waals surface area contributed by atoms with Crippen LogP contribution in [0.1, 0.15) is 12.8 Å². The van der Waals surface area contributed by atoms with E-state index in [2.05, 4.69) is 0 Å². The van der Waals surface area contributed by atoms with Crippen molar-refractivity contribution < 1.29 is 9.59 Å². The maximum atomic E-state index is 11.3. The fourth-order valence-corrected chi connectivity index (χ4v) is 2.13. The second kappa shape index (κ2) is 1.40. The number of carbonyl (C=O) groups is 2. The van der Waals surface area contributed by atoms with Gasteiger partial charge in [0.15, 0.2) is 0 Å². The molecule has 0 spiro atoms. The van der Waals surface area contributed by atoms with E-state index in [0.29, 0.717) is 6.54 Å². The summed E-state index contributed by atoms with van der Waals surface area (Å²) >= 11 is 0. The Morgan fingerprint density at radius 2 is 1.82 bits per heavy atom. The third-order valence-electron chi connectivity index (χ3n) is 2.73. The number of nitrogens with zero attached hydrogens (tertiary/aromatic N) is 1. The number of hydrogen-bond donors (Lipinski definition) is 0. The normalized spacial score (nSPS) is 28.2. The maximum absolute atomic E-state index is 11.3. The molecule has 0 saturated carbocycles. The Labute approximate surface area is 63.7 Å². The Morgan fingerprint density at radius 3 is 2.45 bits per heavy atom. The minimum Gasteiger partial charge on any atom is -0.275 e. The lowest BCUT2D eigenvalue weighted by Gasteiger charge is -2.12. The fraction of sp³-hybridized carbons (Fsp3) is 0.500. The lowest BCUT2D eigenvalue weighted by atomic mass is 10.1. The van der Waals surface area contributed by atoms with Crippen LogP contribution in [0.5, 0.6) is 0 Å². The van der Waals surface area contributed by atoms with Gasteiger partial charge >= 0.3 is 0 Å². The van der Waals surface area contributed by atoms with Gasteiger partial charge in [-0.1, -0.05) is 0 Å². The Bertz CT molecular complexity index is 290. The summed E-state index contributed by atoms with van der Waals surface area (Å²) in [4.78, 5) is 24.0. The predicted molar refractivity (Wildman–Crippen MR) is 36.5 cm³/mol. The first-order chi connectivity index (χ1) is 5.30. The van der Waals surface area contributed by atoms with Crippen molar-refractivity contribution in [1.29, 1.82) is 0 Å². The fourth-order valence-electron chi connectivity index (χ4n) is 2.13. The molecule has 3 nitrogen and oxygen atoms in total. The standard InChI is InChI=1S/C8H7NO2/c10-7-5-4-2-1-3-9(7)8(11)6(4)5/h4H,1-3H2. The number of fused-ring (bicyclic) bond motifs is 2. The van der Waals surface area contributed by atoms with E-state index in [1.165, 1.54) is 4.90 Å². The predicted octanol–water partition coefficient (Wildman–Crippen LogP) is 0.0754. The summed E-state index contributed by atoms with van der Waals surface area (Å²) in [6.07, 6.45) is 1.99. The number of imide groups is 1. The molecule has 4 aliphatic rings. The second-order valence-electron chi connectivity index (χ2n) is 3.28. The average molecular weight is 149 g/mol. The summed E-state index contributed by atoms with van der Waals surface area (Å²) in [5.41, 5.74) is 1.65. The molecule has 2 saturated heterocycles. The lowest BCUT2D eigenvalue weighted by molar-refractivity contribution is -0.138. The molecule has 4 rings (SSSR count). The Morgan fingerprint density at radius 1 is 1.18 bits per heavy atom. The van der Waals surface area contributed by atoms with Crippen LogP contribution in [0.3, 0.4) is 0 Å². The molecule has 3 heterocycles. The van der Waals surface area contributed by atoms with Gasteiger partial charge in [-0.05, 0) is 12.8 Å². The smallest absolute Gasteiger partial charge is 0.257 e. The zero-order valence-electron chi connectivity index (χ0n) is 5.96. The van der Waals surface area contributed by atoms with Crippen molar-refractivity contribution in [2.45, 2.75) is 12.8 Å². The SMILES string of the molecule is O=C1C2=C3C(=O)N1CCCC23. The van der Waals surface area contributed by atoms with Crippen LogP contribution in [0.15, 0.2) is 11.1 Å². The van der Waals surface area contributed by atoms with E-state index in [1.54, 1.807) is 0 Å². The highest BCUT2D eigenvalue weighted by Crippen LogP contribution is 2.51. The third kappa shape index (κ3) is 0.441. The van der Waals surface area contributed by atoms with Gasteiger partial charge < -0.3 is 0 Å². The van der Waals surface area contributed by atoms with E-state index in [-0.39, 0.29) is 17.7 Å². The summed E-state index contributed by atoms with van der Waals surface area (Å²) in [7, 11) is 0. The van der Waals surface area contributed by atoms with Crippen molar-refractivity contribution in [3.05, 3.63) is 11.1 Å². The van der Waals surface area contributed by atoms with Crippen molar-refractivity contribution in [3.8, 4) is 0 Å². The minimum absolute atomic E-state index is 0.00694. The van der Waals surface area contributed by atoms with Gasteiger partial charge in [-0.2, -0.15) is 0 Å². The summed E-state index contributed by atoms with van der Waals surface area (Å²) in [5, 5.41) is 0. The van der Waals surface area contributed by atoms with Gasteiger partial charge in [0.2, 0.25) is 0 Å². The molecule has 56 valence electrons. The average Bonchev–Trinajstić information content (AvgIpc) is 2.63. The molecule has 3 aliphatic heterocycles. The molecule has 0 atom stereocenters. The van der Waals surface area contributed by atoms with Crippen LogP contribution in [-0.2, 0) is 9.59 Å². The molecule has 4 bridgehead atoms. The second-order valence-corrected chi connectivity index (χ2v) is 3.28. The Hall–Kier alpha value is -1.12. The topological polar surface area (TPSA) is 37.4 Å². The molecule has 2 amide bonds. The van der Waals surface area contributed by atoms with Gasteiger partial charge in [-0.15, -0.1) is 0 Å². The van der Waals surface area contributed by atoms with Crippen LogP contribution in [0, 0.1) is 5.92 Å². The number of carbonyl (C=O) groups excluding carboxylic acids is 2. The van der Waals surface area contributed by atoms with Crippen LogP contribution in [0.4, 0.5) is 0 Å². The molecule has 0 unspecified atom stereocenters. The van der Waals surface area contributed by atoms with Crippen LogP contribution in [0.25, 0.3) is 0 Å². The van der Waals surface area contributed by atoms with E-state index in [1.807, 2.05) is 0 Å². The quantitative estimate of drug-likeness (QED) is 0.457. The first kappa shape index (κ1) is 5.52. The zero-order chi connectivity index (χ0) is 7.59. The molecule has 0 N–H and O–H groups in total. The van der Waals surface area contributed by atoms with Gasteiger partial charge in [0.1, 0.15) is 0 Å². The minimum atomic E-state index is -0.00694. The van der Waals surface area contributed by atoms with Gasteiger partial charge in [0.25, 0.3) is 11.8 Å². The summed E-state index contributed by atoms with van der Waals surface area (Å²) < 4.78 is 0. The molecule has 0 aromatic heterocycles. The lowest BCUT2D eigenvalue weighted by Crippen LogP contribution is -2.33. The van der Waals surface area contributed by atoms with Crippen LogP contribution in [-0.4, -0.2) is 23.3 Å². The summed E-state index contributed by atoms with van der Waals surface area (Å²) in [6, 6.07) is 0. The molecular weight excluding hydrogens is 142 g/mol. The van der Waals surface area contributed by atoms with Crippen molar-refractivity contribution in [2.24, 2.45) is 5.92 Å². The molecule has 2 fully saturated rings. The third-order valence-corrected chi connectivity index (χ3v) is 2.73. The highest BCUT2D eigenvalue weighted by Gasteiger charge is 2.56. The number of rotatable bonds is 0. The van der Waals surface area contributed by atoms with E-state index in [4.69, 9.17) is 0 Å². The van der Waals surface area contributed by atoms with E-state index >= 15 is 0 Å². The number of amides is 2. The van der Waals surface area contributed by atoms with Gasteiger partial charge in [-0.3, -0.25) is 14.5 Å². The van der Waals surface area contributed by atoms with Crippen molar-refractivity contribution in [3.63, 3.8) is 0 Å². The maximum Gasteiger partial charge on any atom is 0.257 e. The van der Waals surface area contributed by atoms with Gasteiger partial charge in [0.05, 0.1) is 0 Å². The van der Waals surface area contributed by atoms with Crippen molar-refractivity contribution >= 4 is 11.8 Å². The first-order valence-electron chi connectivity index (χ1n) is 3.91. The molecule has 3 heteroatoms. The van der Waals surface area contributed by atoms with Crippen molar-refractivity contribution in [2.75, 3.05) is 6.54 Å². The molecule has 0 aromatic carbocycles. The highest BCUT2D eigenvalue weighted by atomic mass is 16.2. The summed E-state index contributed by atoms with van der Waals surface area (Å²) in [5.74, 6) is 0.258. The molecular formula is C8H7NO2. The van der Waals surface area contributed by atoms with Crippen LogP contribution >= 0.6 is 0 Å². The monoisotopic (exact) mass is 149 g/mol. The van der Waals surface area contributed by atoms with Gasteiger partial charge in [0, 0.05) is 23.6 Å². The largest absolute Gasteiger partial charge is 0.275 e. The van der Waals surface area contributed by atoms with E-state index < -0.39 is 0 Å². The van der Waals surface area contributed by atoms with E-state index in [0.717, 1.165) is 24.0 Å². The molecule has 1 aliphatic carbocycles. The number of hydrogen-bond acceptors (Lipinski definition) is 2.